The molecule has 1 rings (SSSR count). The van der Waals surface area contributed by atoms with Gasteiger partial charge in [0, 0.05) is 12.6 Å². The second-order valence-corrected chi connectivity index (χ2v) is 3.22. The zero-order chi connectivity index (χ0) is 7.40. The van der Waals surface area contributed by atoms with Crippen molar-refractivity contribution < 1.29 is 5.11 Å². The van der Waals surface area contributed by atoms with E-state index < -0.39 is 0 Å². The topological polar surface area (TPSA) is 46.2 Å². The zero-order valence-corrected chi connectivity index (χ0v) is 6.42. The van der Waals surface area contributed by atoms with E-state index in [-0.39, 0.29) is 0 Å². The average molecular weight is 143 g/mol. The molecule has 1 aliphatic carbocycles. The van der Waals surface area contributed by atoms with Crippen LogP contribution >= 0.6 is 0 Å². The Kier molecular flexibility index (Phi) is 3.16. The zero-order valence-electron chi connectivity index (χ0n) is 6.42. The van der Waals surface area contributed by atoms with E-state index in [0.29, 0.717) is 18.6 Å². The fourth-order valence-corrected chi connectivity index (χ4v) is 1.76. The van der Waals surface area contributed by atoms with E-state index in [1.165, 1.54) is 19.3 Å². The third-order valence-corrected chi connectivity index (χ3v) is 2.47. The highest BCUT2D eigenvalue weighted by Crippen LogP contribution is 2.24. The third kappa shape index (κ3) is 1.96. The Morgan fingerprint density at radius 3 is 2.60 bits per heavy atom. The standard InChI is InChI=1S/C8H17NO/c9-8-4-2-1-3-7(8)5-6-10/h7-8,10H,1-6,9H2/t7-,8-/m0/s1. The highest BCUT2D eigenvalue weighted by Gasteiger charge is 2.20. The summed E-state index contributed by atoms with van der Waals surface area (Å²) in [6.07, 6.45) is 5.87. The van der Waals surface area contributed by atoms with Gasteiger partial charge in [0.25, 0.3) is 0 Å². The maximum atomic E-state index is 8.68. The molecule has 0 bridgehead atoms. The van der Waals surface area contributed by atoms with Gasteiger partial charge in [0.15, 0.2) is 0 Å². The lowest BCUT2D eigenvalue weighted by atomic mass is 9.83. The van der Waals surface area contributed by atoms with Crippen LogP contribution < -0.4 is 5.73 Å². The molecule has 0 saturated heterocycles. The molecular formula is C8H17NO. The fourth-order valence-electron chi connectivity index (χ4n) is 1.76. The molecule has 0 unspecified atom stereocenters. The molecule has 1 fully saturated rings. The van der Waals surface area contributed by atoms with E-state index in [2.05, 4.69) is 0 Å². The van der Waals surface area contributed by atoms with E-state index >= 15 is 0 Å². The van der Waals surface area contributed by atoms with Gasteiger partial charge in [-0.05, 0) is 25.2 Å². The van der Waals surface area contributed by atoms with Crippen molar-refractivity contribution in [3.05, 3.63) is 0 Å². The predicted molar refractivity (Wildman–Crippen MR) is 41.6 cm³/mol. The van der Waals surface area contributed by atoms with Crippen molar-refractivity contribution in [2.45, 2.75) is 38.1 Å². The normalized spacial score (nSPS) is 34.2. The number of aliphatic hydroxyl groups is 1. The van der Waals surface area contributed by atoms with Crippen LogP contribution in [0.4, 0.5) is 0 Å². The molecule has 0 aromatic carbocycles. The number of aliphatic hydroxyl groups excluding tert-OH is 1. The molecule has 0 aromatic heterocycles. The maximum absolute atomic E-state index is 8.68. The summed E-state index contributed by atoms with van der Waals surface area (Å²) in [7, 11) is 0. The van der Waals surface area contributed by atoms with Crippen LogP contribution in [0.1, 0.15) is 32.1 Å². The van der Waals surface area contributed by atoms with E-state index in [1.807, 2.05) is 0 Å². The van der Waals surface area contributed by atoms with Gasteiger partial charge in [0.1, 0.15) is 0 Å². The lowest BCUT2D eigenvalue weighted by Crippen LogP contribution is -2.33. The van der Waals surface area contributed by atoms with Gasteiger partial charge < -0.3 is 10.8 Å². The first-order valence-corrected chi connectivity index (χ1v) is 4.21. The minimum atomic E-state index is 0.304. The summed E-state index contributed by atoms with van der Waals surface area (Å²) in [5.41, 5.74) is 5.85. The summed E-state index contributed by atoms with van der Waals surface area (Å²) >= 11 is 0. The molecule has 2 nitrogen and oxygen atoms in total. The number of rotatable bonds is 2. The summed E-state index contributed by atoms with van der Waals surface area (Å²) in [5.74, 6) is 0.596. The fraction of sp³-hybridized carbons (Fsp3) is 1.00. The van der Waals surface area contributed by atoms with Crippen LogP contribution in [-0.4, -0.2) is 17.8 Å². The van der Waals surface area contributed by atoms with Crippen LogP contribution in [0.5, 0.6) is 0 Å². The molecular weight excluding hydrogens is 126 g/mol. The SMILES string of the molecule is N[C@H]1CCCC[C@H]1CCO. The summed E-state index contributed by atoms with van der Waals surface area (Å²) in [4.78, 5) is 0. The van der Waals surface area contributed by atoms with Crippen molar-refractivity contribution in [3.63, 3.8) is 0 Å². The van der Waals surface area contributed by atoms with Crippen molar-refractivity contribution in [1.82, 2.24) is 0 Å². The number of nitrogens with two attached hydrogens (primary N) is 1. The highest BCUT2D eigenvalue weighted by atomic mass is 16.3. The van der Waals surface area contributed by atoms with Crippen molar-refractivity contribution in [1.29, 1.82) is 0 Å². The molecule has 1 saturated carbocycles. The second-order valence-electron chi connectivity index (χ2n) is 3.22. The molecule has 0 amide bonds. The molecule has 2 atom stereocenters. The molecule has 0 radical (unpaired) electrons. The van der Waals surface area contributed by atoms with Crippen LogP contribution in [0.15, 0.2) is 0 Å². The van der Waals surface area contributed by atoms with Crippen LogP contribution in [0.3, 0.4) is 0 Å². The molecule has 2 heteroatoms. The predicted octanol–water partition coefficient (Wildman–Crippen LogP) is 0.886. The molecule has 3 N–H and O–H groups in total. The molecule has 0 spiro atoms. The largest absolute Gasteiger partial charge is 0.396 e. The van der Waals surface area contributed by atoms with Gasteiger partial charge in [-0.1, -0.05) is 12.8 Å². The van der Waals surface area contributed by atoms with Crippen molar-refractivity contribution in [2.24, 2.45) is 11.7 Å². The van der Waals surface area contributed by atoms with Gasteiger partial charge in [0.2, 0.25) is 0 Å². The Morgan fingerprint density at radius 1 is 1.30 bits per heavy atom. The summed E-state index contributed by atoms with van der Waals surface area (Å²) in [6.45, 7) is 0.304. The van der Waals surface area contributed by atoms with Crippen LogP contribution in [0, 0.1) is 5.92 Å². The van der Waals surface area contributed by atoms with Gasteiger partial charge >= 0.3 is 0 Å². The van der Waals surface area contributed by atoms with Gasteiger partial charge in [0.05, 0.1) is 0 Å². The lowest BCUT2D eigenvalue weighted by molar-refractivity contribution is 0.212. The van der Waals surface area contributed by atoms with Crippen molar-refractivity contribution >= 4 is 0 Å². The monoisotopic (exact) mass is 143 g/mol. The van der Waals surface area contributed by atoms with Crippen LogP contribution in [-0.2, 0) is 0 Å². The van der Waals surface area contributed by atoms with E-state index in [1.54, 1.807) is 0 Å². The summed E-state index contributed by atoms with van der Waals surface area (Å²) < 4.78 is 0. The lowest BCUT2D eigenvalue weighted by Gasteiger charge is -2.27. The van der Waals surface area contributed by atoms with Gasteiger partial charge in [-0.2, -0.15) is 0 Å². The van der Waals surface area contributed by atoms with E-state index in [9.17, 15) is 0 Å². The second kappa shape index (κ2) is 3.94. The summed E-state index contributed by atoms with van der Waals surface area (Å²) in [5, 5.41) is 8.68. The first-order chi connectivity index (χ1) is 4.84. The maximum Gasteiger partial charge on any atom is 0.0434 e. The molecule has 0 heterocycles. The Bertz CT molecular complexity index is 93.3. The molecule has 0 aromatic rings. The Labute approximate surface area is 62.4 Å². The smallest absolute Gasteiger partial charge is 0.0434 e. The van der Waals surface area contributed by atoms with Gasteiger partial charge in [-0.25, -0.2) is 0 Å². The van der Waals surface area contributed by atoms with Crippen molar-refractivity contribution in [2.75, 3.05) is 6.61 Å². The first kappa shape index (κ1) is 8.02. The van der Waals surface area contributed by atoms with E-state index in [4.69, 9.17) is 10.8 Å². The minimum absolute atomic E-state index is 0.304. The molecule has 1 aliphatic rings. The third-order valence-electron chi connectivity index (χ3n) is 2.47. The Balaban J connectivity index is 2.25. The quantitative estimate of drug-likeness (QED) is 0.603. The van der Waals surface area contributed by atoms with Gasteiger partial charge in [-0.15, -0.1) is 0 Å². The van der Waals surface area contributed by atoms with Crippen LogP contribution in [0.25, 0.3) is 0 Å². The van der Waals surface area contributed by atoms with E-state index in [0.717, 1.165) is 12.8 Å². The molecule has 60 valence electrons. The first-order valence-electron chi connectivity index (χ1n) is 4.21. The Hall–Kier alpha value is -0.0800. The highest BCUT2D eigenvalue weighted by molar-refractivity contribution is 4.77. The van der Waals surface area contributed by atoms with Crippen molar-refractivity contribution in [3.8, 4) is 0 Å². The van der Waals surface area contributed by atoms with Crippen LogP contribution in [0.2, 0.25) is 0 Å². The minimum Gasteiger partial charge on any atom is -0.396 e. The molecule has 10 heavy (non-hydrogen) atoms. The summed E-state index contributed by atoms with van der Waals surface area (Å²) in [6, 6.07) is 0.362. The average Bonchev–Trinajstić information content (AvgIpc) is 1.94. The number of hydrogen-bond acceptors (Lipinski definition) is 2. The Morgan fingerprint density at radius 2 is 2.00 bits per heavy atom. The number of hydrogen-bond donors (Lipinski definition) is 2. The molecule has 0 aliphatic heterocycles. The van der Waals surface area contributed by atoms with Gasteiger partial charge in [-0.3, -0.25) is 0 Å².